The van der Waals surface area contributed by atoms with E-state index < -0.39 is 0 Å². The summed E-state index contributed by atoms with van der Waals surface area (Å²) >= 11 is 0. The van der Waals surface area contributed by atoms with E-state index in [1.165, 1.54) is 7.11 Å². The van der Waals surface area contributed by atoms with Crippen molar-refractivity contribution in [2.75, 3.05) is 7.11 Å². The van der Waals surface area contributed by atoms with Gasteiger partial charge in [-0.2, -0.15) is 0 Å². The van der Waals surface area contributed by atoms with Crippen LogP contribution in [0.5, 0.6) is 0 Å². The Morgan fingerprint density at radius 3 is 2.57 bits per heavy atom. The zero-order valence-corrected chi connectivity index (χ0v) is 16.4. The third-order valence-corrected chi connectivity index (χ3v) is 4.78. The van der Waals surface area contributed by atoms with E-state index in [0.29, 0.717) is 17.7 Å². The molecule has 0 fully saturated rings. The summed E-state index contributed by atoms with van der Waals surface area (Å²) in [6, 6.07) is 15.6. The highest BCUT2D eigenvalue weighted by molar-refractivity contribution is 5.97. The topological polar surface area (TPSA) is 64.3 Å². The molecule has 0 spiro atoms. The van der Waals surface area contributed by atoms with Crippen LogP contribution in [0.1, 0.15) is 47.2 Å². The summed E-state index contributed by atoms with van der Waals surface area (Å²) < 4.78 is 7.02. The predicted molar refractivity (Wildman–Crippen MR) is 109 cm³/mol. The molecule has 0 aliphatic rings. The van der Waals surface area contributed by atoms with E-state index in [-0.39, 0.29) is 12.6 Å². The Labute approximate surface area is 165 Å². The van der Waals surface area contributed by atoms with Crippen molar-refractivity contribution in [3.05, 3.63) is 77.4 Å². The third-order valence-electron chi connectivity index (χ3n) is 4.78. The van der Waals surface area contributed by atoms with Gasteiger partial charge in [0, 0.05) is 19.2 Å². The molecule has 1 heterocycles. The van der Waals surface area contributed by atoms with Crippen LogP contribution in [-0.2, 0) is 24.3 Å². The Hall–Kier alpha value is -2.92. The number of rotatable bonds is 8. The Balaban J connectivity index is 1.83. The molecule has 1 N–H and O–H groups in total. The summed E-state index contributed by atoms with van der Waals surface area (Å²) in [5, 5.41) is 9.41. The summed E-state index contributed by atoms with van der Waals surface area (Å²) in [5.74, 6) is 0.620. The molecule has 0 bridgehead atoms. The van der Waals surface area contributed by atoms with E-state index >= 15 is 0 Å². The monoisotopic (exact) mass is 378 g/mol. The van der Waals surface area contributed by atoms with Crippen LogP contribution >= 0.6 is 0 Å². The number of esters is 1. The summed E-state index contributed by atoms with van der Waals surface area (Å²) in [4.78, 5) is 16.6. The van der Waals surface area contributed by atoms with Crippen molar-refractivity contribution >= 4 is 5.97 Å². The van der Waals surface area contributed by atoms with Gasteiger partial charge >= 0.3 is 5.97 Å². The molecule has 0 aliphatic heterocycles. The second-order valence-corrected chi connectivity index (χ2v) is 6.76. The number of aliphatic hydroxyl groups excluding tert-OH is 1. The van der Waals surface area contributed by atoms with Gasteiger partial charge in [-0.25, -0.2) is 9.78 Å². The first kappa shape index (κ1) is 19.8. The number of aliphatic hydroxyl groups is 1. The van der Waals surface area contributed by atoms with Crippen molar-refractivity contribution in [1.29, 1.82) is 0 Å². The highest BCUT2D eigenvalue weighted by Gasteiger charge is 2.13. The standard InChI is InChI=1S/C23H26N2O3/c1-3-4-13-25-15-19(16-26)24-22(25)14-17-9-11-18(12-10-17)20-7-5-6-8-21(20)23(27)28-2/h5-12,15,26H,3-4,13-14,16H2,1-2H3. The van der Waals surface area contributed by atoms with Gasteiger partial charge in [-0.05, 0) is 29.2 Å². The molecule has 0 saturated carbocycles. The number of nitrogens with zero attached hydrogens (tertiary/aromatic N) is 2. The van der Waals surface area contributed by atoms with Crippen molar-refractivity contribution < 1.29 is 14.6 Å². The van der Waals surface area contributed by atoms with E-state index in [4.69, 9.17) is 4.74 Å². The smallest absolute Gasteiger partial charge is 0.338 e. The van der Waals surface area contributed by atoms with Crippen LogP contribution in [0.15, 0.2) is 54.7 Å². The Morgan fingerprint density at radius 2 is 1.89 bits per heavy atom. The molecule has 0 unspecified atom stereocenters. The Kier molecular flexibility index (Phi) is 6.61. The number of methoxy groups -OCH3 is 1. The summed E-state index contributed by atoms with van der Waals surface area (Å²) in [6.07, 6.45) is 4.83. The molecule has 0 amide bonds. The first-order valence-corrected chi connectivity index (χ1v) is 9.58. The van der Waals surface area contributed by atoms with E-state index in [1.807, 2.05) is 36.5 Å². The van der Waals surface area contributed by atoms with Gasteiger partial charge in [0.15, 0.2) is 0 Å². The van der Waals surface area contributed by atoms with E-state index in [0.717, 1.165) is 41.9 Å². The molecule has 5 heteroatoms. The highest BCUT2D eigenvalue weighted by Crippen LogP contribution is 2.25. The maximum Gasteiger partial charge on any atom is 0.338 e. The van der Waals surface area contributed by atoms with Gasteiger partial charge in [-0.1, -0.05) is 55.8 Å². The quantitative estimate of drug-likeness (QED) is 0.596. The van der Waals surface area contributed by atoms with Gasteiger partial charge < -0.3 is 14.4 Å². The van der Waals surface area contributed by atoms with Crippen LogP contribution in [0, 0.1) is 0 Å². The van der Waals surface area contributed by atoms with Gasteiger partial charge in [-0.15, -0.1) is 0 Å². The molecule has 28 heavy (non-hydrogen) atoms. The number of aryl methyl sites for hydroxylation is 1. The van der Waals surface area contributed by atoms with Gasteiger partial charge in [0.1, 0.15) is 5.82 Å². The SMILES string of the molecule is CCCCn1cc(CO)nc1Cc1ccc(-c2ccccc2C(=O)OC)cc1. The van der Waals surface area contributed by atoms with Crippen molar-refractivity contribution in [3.63, 3.8) is 0 Å². The van der Waals surface area contributed by atoms with Crippen molar-refractivity contribution in [1.82, 2.24) is 9.55 Å². The normalized spacial score (nSPS) is 10.8. The van der Waals surface area contributed by atoms with Gasteiger partial charge in [0.2, 0.25) is 0 Å². The molecule has 0 radical (unpaired) electrons. The number of aromatic nitrogens is 2. The number of carbonyl (C=O) groups is 1. The summed E-state index contributed by atoms with van der Waals surface area (Å²) in [5.41, 5.74) is 4.21. The molecule has 0 aliphatic carbocycles. The maximum absolute atomic E-state index is 12.0. The molecule has 0 atom stereocenters. The largest absolute Gasteiger partial charge is 0.465 e. The zero-order chi connectivity index (χ0) is 19.9. The molecule has 3 rings (SSSR count). The van der Waals surface area contributed by atoms with Crippen LogP contribution in [-0.4, -0.2) is 27.7 Å². The lowest BCUT2D eigenvalue weighted by Gasteiger charge is -2.10. The number of carbonyl (C=O) groups excluding carboxylic acids is 1. The molecule has 146 valence electrons. The fraction of sp³-hybridized carbons (Fsp3) is 0.304. The summed E-state index contributed by atoms with van der Waals surface area (Å²) in [6.45, 7) is 3.02. The minimum atomic E-state index is -0.339. The lowest BCUT2D eigenvalue weighted by atomic mass is 9.98. The lowest BCUT2D eigenvalue weighted by molar-refractivity contribution is 0.0601. The average Bonchev–Trinajstić information content (AvgIpc) is 3.14. The first-order valence-electron chi connectivity index (χ1n) is 9.58. The molecule has 1 aromatic heterocycles. The van der Waals surface area contributed by atoms with E-state index in [9.17, 15) is 9.90 Å². The summed E-state index contributed by atoms with van der Waals surface area (Å²) in [7, 11) is 1.39. The van der Waals surface area contributed by atoms with Crippen LogP contribution in [0.4, 0.5) is 0 Å². The highest BCUT2D eigenvalue weighted by atomic mass is 16.5. The first-order chi connectivity index (χ1) is 13.7. The Bertz CT molecular complexity index is 929. The van der Waals surface area contributed by atoms with Crippen LogP contribution in [0.25, 0.3) is 11.1 Å². The van der Waals surface area contributed by atoms with Crippen molar-refractivity contribution in [3.8, 4) is 11.1 Å². The molecular formula is C23H26N2O3. The number of imidazole rings is 1. The van der Waals surface area contributed by atoms with E-state index in [2.05, 4.69) is 28.6 Å². The van der Waals surface area contributed by atoms with Gasteiger partial charge in [-0.3, -0.25) is 0 Å². The minimum absolute atomic E-state index is 0.0463. The molecule has 2 aromatic carbocycles. The van der Waals surface area contributed by atoms with Crippen molar-refractivity contribution in [2.24, 2.45) is 0 Å². The number of benzene rings is 2. The predicted octanol–water partition coefficient (Wildman–Crippen LogP) is 4.22. The number of hydrogen-bond acceptors (Lipinski definition) is 4. The number of ether oxygens (including phenoxy) is 1. The van der Waals surface area contributed by atoms with Gasteiger partial charge in [0.25, 0.3) is 0 Å². The maximum atomic E-state index is 12.0. The Morgan fingerprint density at radius 1 is 1.14 bits per heavy atom. The fourth-order valence-electron chi connectivity index (χ4n) is 3.26. The van der Waals surface area contributed by atoms with Crippen LogP contribution in [0.2, 0.25) is 0 Å². The number of unbranched alkanes of at least 4 members (excludes halogenated alkanes) is 1. The van der Waals surface area contributed by atoms with E-state index in [1.54, 1.807) is 6.07 Å². The fourth-order valence-corrected chi connectivity index (χ4v) is 3.26. The minimum Gasteiger partial charge on any atom is -0.465 e. The van der Waals surface area contributed by atoms with Crippen LogP contribution < -0.4 is 0 Å². The molecule has 0 saturated heterocycles. The lowest BCUT2D eigenvalue weighted by Crippen LogP contribution is -2.04. The molecule has 5 nitrogen and oxygen atoms in total. The molecule has 3 aromatic rings. The van der Waals surface area contributed by atoms with Gasteiger partial charge in [0.05, 0.1) is 25.0 Å². The zero-order valence-electron chi connectivity index (χ0n) is 16.4. The number of hydrogen-bond donors (Lipinski definition) is 1. The molecular weight excluding hydrogens is 352 g/mol. The third kappa shape index (κ3) is 4.49. The second-order valence-electron chi connectivity index (χ2n) is 6.76. The van der Waals surface area contributed by atoms with Crippen LogP contribution in [0.3, 0.4) is 0 Å². The van der Waals surface area contributed by atoms with Crippen molar-refractivity contribution in [2.45, 2.75) is 39.3 Å². The second kappa shape index (κ2) is 9.33. The average molecular weight is 378 g/mol.